The van der Waals surface area contributed by atoms with Crippen LogP contribution in [0.2, 0.25) is 0 Å². The molecule has 0 spiro atoms. The monoisotopic (exact) mass is 354 g/mol. The van der Waals surface area contributed by atoms with Crippen molar-refractivity contribution in [3.8, 4) is 0 Å². The van der Waals surface area contributed by atoms with Crippen LogP contribution in [0.15, 0.2) is 48.8 Å². The van der Waals surface area contributed by atoms with Gasteiger partial charge >= 0.3 is 0 Å². The van der Waals surface area contributed by atoms with Crippen LogP contribution in [-0.4, -0.2) is 27.5 Å². The number of imidazole rings is 1. The second-order valence-corrected chi connectivity index (χ2v) is 5.83. The molecule has 0 bridgehead atoms. The van der Waals surface area contributed by atoms with Gasteiger partial charge in [-0.25, -0.2) is 4.98 Å². The lowest BCUT2D eigenvalue weighted by Gasteiger charge is -2.12. The molecular weight excluding hydrogens is 336 g/mol. The van der Waals surface area contributed by atoms with Gasteiger partial charge in [0.15, 0.2) is 0 Å². The van der Waals surface area contributed by atoms with E-state index >= 15 is 0 Å². The number of carbonyl (C=O) groups is 1. The quantitative estimate of drug-likeness (QED) is 0.541. The van der Waals surface area contributed by atoms with E-state index in [0.29, 0.717) is 16.7 Å². The highest BCUT2D eigenvalue weighted by Crippen LogP contribution is 2.25. The summed E-state index contributed by atoms with van der Waals surface area (Å²) in [6.07, 6.45) is 1.34. The van der Waals surface area contributed by atoms with Gasteiger partial charge in [-0.15, -0.1) is 0 Å². The van der Waals surface area contributed by atoms with Crippen LogP contribution >= 0.6 is 0 Å². The Labute approximate surface area is 149 Å². The molecule has 0 fully saturated rings. The topological polar surface area (TPSA) is 99.3 Å². The second kappa shape index (κ2) is 7.32. The molecule has 2 aromatic carbocycles. The third kappa shape index (κ3) is 3.55. The highest BCUT2D eigenvalue weighted by molar-refractivity contribution is 5.92. The van der Waals surface area contributed by atoms with Crippen LogP contribution in [0.25, 0.3) is 11.0 Å². The Morgan fingerprint density at radius 2 is 2.12 bits per heavy atom. The average Bonchev–Trinajstić information content (AvgIpc) is 3.04. The van der Waals surface area contributed by atoms with Crippen LogP contribution in [0.1, 0.15) is 18.6 Å². The van der Waals surface area contributed by atoms with Crippen LogP contribution < -0.4 is 5.32 Å². The molecule has 1 atom stereocenters. The summed E-state index contributed by atoms with van der Waals surface area (Å²) < 4.78 is 6.75. The predicted octanol–water partition coefficient (Wildman–Crippen LogP) is 3.29. The number of para-hydroxylation sites is 1. The zero-order valence-electron chi connectivity index (χ0n) is 14.4. The van der Waals surface area contributed by atoms with E-state index in [4.69, 9.17) is 4.74 Å². The van der Waals surface area contributed by atoms with Crippen LogP contribution in [0.4, 0.5) is 11.4 Å². The number of rotatable bonds is 6. The van der Waals surface area contributed by atoms with Gasteiger partial charge in [0, 0.05) is 18.9 Å². The summed E-state index contributed by atoms with van der Waals surface area (Å²) >= 11 is 0. The molecule has 3 aromatic rings. The molecule has 1 amide bonds. The van der Waals surface area contributed by atoms with E-state index in [1.54, 1.807) is 25.3 Å². The van der Waals surface area contributed by atoms with Crippen LogP contribution in [0, 0.1) is 10.1 Å². The van der Waals surface area contributed by atoms with E-state index < -0.39 is 4.92 Å². The largest absolute Gasteiger partial charge is 0.377 e. The fourth-order valence-corrected chi connectivity index (χ4v) is 2.74. The highest BCUT2D eigenvalue weighted by atomic mass is 16.6. The minimum atomic E-state index is -0.478. The van der Waals surface area contributed by atoms with Gasteiger partial charge in [-0.05, 0) is 30.7 Å². The van der Waals surface area contributed by atoms with E-state index in [1.165, 1.54) is 17.0 Å². The van der Waals surface area contributed by atoms with Gasteiger partial charge in [0.1, 0.15) is 12.1 Å². The normalized spacial score (nSPS) is 12.1. The molecule has 1 unspecified atom stereocenters. The number of hydrogen-bond donors (Lipinski definition) is 1. The maximum atomic E-state index is 12.4. The van der Waals surface area contributed by atoms with Crippen molar-refractivity contribution in [3.63, 3.8) is 0 Å². The molecule has 0 radical (unpaired) electrons. The van der Waals surface area contributed by atoms with Crippen LogP contribution in [0.5, 0.6) is 0 Å². The summed E-state index contributed by atoms with van der Waals surface area (Å²) in [6.45, 7) is 1.84. The fourth-order valence-electron chi connectivity index (χ4n) is 2.74. The third-order valence-electron chi connectivity index (χ3n) is 4.12. The number of non-ortho nitro benzene ring substituents is 1. The first-order chi connectivity index (χ1) is 12.5. The molecule has 1 N–H and O–H groups in total. The van der Waals surface area contributed by atoms with Crippen LogP contribution in [0.3, 0.4) is 0 Å². The lowest BCUT2D eigenvalue weighted by molar-refractivity contribution is -0.383. The molecule has 1 aromatic heterocycles. The SMILES string of the molecule is COC(C)c1cccc(NC(=O)Cn2cnc3cccc([N+](=O)[O-])c32)c1. The number of aromatic nitrogens is 2. The zero-order valence-corrected chi connectivity index (χ0v) is 14.4. The molecule has 0 aliphatic heterocycles. The molecule has 26 heavy (non-hydrogen) atoms. The minimum absolute atomic E-state index is 0.0780. The fraction of sp³-hybridized carbons (Fsp3) is 0.222. The number of methoxy groups -OCH3 is 1. The Hall–Kier alpha value is -3.26. The molecule has 8 nitrogen and oxygen atoms in total. The number of carbonyl (C=O) groups excluding carboxylic acids is 1. The summed E-state index contributed by atoms with van der Waals surface area (Å²) in [6, 6.07) is 12.0. The predicted molar refractivity (Wildman–Crippen MR) is 96.9 cm³/mol. The van der Waals surface area contributed by atoms with E-state index in [0.717, 1.165) is 5.56 Å². The molecule has 0 saturated heterocycles. The standard InChI is InChI=1S/C18H18N4O4/c1-12(26-2)13-5-3-6-14(9-13)20-17(23)10-21-11-19-15-7-4-8-16(18(15)21)22(24)25/h3-9,11-12H,10H2,1-2H3,(H,20,23). The van der Waals surface area contributed by atoms with Gasteiger partial charge in [0.05, 0.1) is 22.9 Å². The summed E-state index contributed by atoms with van der Waals surface area (Å²) in [7, 11) is 1.62. The van der Waals surface area contributed by atoms with Crippen molar-refractivity contribution in [1.29, 1.82) is 0 Å². The smallest absolute Gasteiger partial charge is 0.295 e. The highest BCUT2D eigenvalue weighted by Gasteiger charge is 2.18. The molecule has 0 aliphatic rings. The van der Waals surface area contributed by atoms with E-state index in [9.17, 15) is 14.9 Å². The van der Waals surface area contributed by atoms with Crippen molar-refractivity contribution in [2.24, 2.45) is 0 Å². The molecule has 8 heteroatoms. The maximum absolute atomic E-state index is 12.4. The molecular formula is C18H18N4O4. The van der Waals surface area contributed by atoms with Gasteiger partial charge in [-0.3, -0.25) is 14.9 Å². The van der Waals surface area contributed by atoms with Gasteiger partial charge in [0.2, 0.25) is 5.91 Å². The number of nitro groups is 1. The van der Waals surface area contributed by atoms with Crippen molar-refractivity contribution in [1.82, 2.24) is 9.55 Å². The first-order valence-corrected chi connectivity index (χ1v) is 8.00. The maximum Gasteiger partial charge on any atom is 0.295 e. The Morgan fingerprint density at radius 1 is 1.35 bits per heavy atom. The second-order valence-electron chi connectivity index (χ2n) is 5.83. The first kappa shape index (κ1) is 17.6. The number of nitro benzene ring substituents is 1. The number of amides is 1. The summed E-state index contributed by atoms with van der Waals surface area (Å²) in [5.41, 5.74) is 2.30. The van der Waals surface area contributed by atoms with Crippen molar-refractivity contribution in [2.45, 2.75) is 19.6 Å². The Kier molecular flexibility index (Phi) is 4.94. The number of nitrogens with zero attached hydrogens (tertiary/aromatic N) is 3. The number of anilines is 1. The van der Waals surface area contributed by atoms with Gasteiger partial charge in [-0.1, -0.05) is 18.2 Å². The third-order valence-corrected chi connectivity index (χ3v) is 4.12. The first-order valence-electron chi connectivity index (χ1n) is 8.00. The van der Waals surface area contributed by atoms with Crippen molar-refractivity contribution in [3.05, 3.63) is 64.5 Å². The molecule has 0 aliphatic carbocycles. The molecule has 3 rings (SSSR count). The Bertz CT molecular complexity index is 967. The summed E-state index contributed by atoms with van der Waals surface area (Å²) in [4.78, 5) is 27.3. The Morgan fingerprint density at radius 3 is 2.85 bits per heavy atom. The number of fused-ring (bicyclic) bond motifs is 1. The molecule has 134 valence electrons. The van der Waals surface area contributed by atoms with Crippen LogP contribution in [-0.2, 0) is 16.1 Å². The minimum Gasteiger partial charge on any atom is -0.377 e. The summed E-state index contributed by atoms with van der Waals surface area (Å²) in [5.74, 6) is -0.301. The average molecular weight is 354 g/mol. The summed E-state index contributed by atoms with van der Waals surface area (Å²) in [5, 5.41) is 14.0. The molecule has 1 heterocycles. The number of ether oxygens (including phenoxy) is 1. The Balaban J connectivity index is 1.81. The van der Waals surface area contributed by atoms with E-state index in [1.807, 2.05) is 25.1 Å². The van der Waals surface area contributed by atoms with Crippen molar-refractivity contribution >= 4 is 28.3 Å². The van der Waals surface area contributed by atoms with Crippen molar-refractivity contribution in [2.75, 3.05) is 12.4 Å². The van der Waals surface area contributed by atoms with E-state index in [2.05, 4.69) is 10.3 Å². The van der Waals surface area contributed by atoms with Crippen molar-refractivity contribution < 1.29 is 14.5 Å². The number of nitrogens with one attached hydrogen (secondary N) is 1. The van der Waals surface area contributed by atoms with Gasteiger partial charge < -0.3 is 14.6 Å². The van der Waals surface area contributed by atoms with Gasteiger partial charge in [0.25, 0.3) is 5.69 Å². The lowest BCUT2D eigenvalue weighted by atomic mass is 10.1. The van der Waals surface area contributed by atoms with Gasteiger partial charge in [-0.2, -0.15) is 0 Å². The molecule has 0 saturated carbocycles. The van der Waals surface area contributed by atoms with E-state index in [-0.39, 0.29) is 24.2 Å². The zero-order chi connectivity index (χ0) is 18.7. The lowest BCUT2D eigenvalue weighted by Crippen LogP contribution is -2.18. The number of hydrogen-bond acceptors (Lipinski definition) is 5. The number of benzene rings is 2.